The van der Waals surface area contributed by atoms with Crippen molar-refractivity contribution >= 4 is 46.5 Å². The second kappa shape index (κ2) is 10.4. The molecule has 0 heterocycles. The number of esters is 1. The minimum absolute atomic E-state index is 0.0284. The number of Topliss-reactive ketones (excluding diaryl/α,β-unsaturated/α-hetero) is 1. The molecule has 0 saturated carbocycles. The van der Waals surface area contributed by atoms with E-state index in [1.54, 1.807) is 48.5 Å². The predicted octanol–water partition coefficient (Wildman–Crippen LogP) is 3.83. The van der Waals surface area contributed by atoms with Crippen LogP contribution in [0, 0.1) is 0 Å². The van der Waals surface area contributed by atoms with Gasteiger partial charge in [0.05, 0.1) is 6.42 Å². The Morgan fingerprint density at radius 1 is 0.897 bits per heavy atom. The summed E-state index contributed by atoms with van der Waals surface area (Å²) in [4.78, 5) is 47.2. The summed E-state index contributed by atoms with van der Waals surface area (Å²) in [5.74, 6) is -1.56. The number of carbonyl (C=O) groups excluding carboxylic acids is 4. The van der Waals surface area contributed by atoms with Gasteiger partial charge in [-0.1, -0.05) is 11.6 Å². The monoisotopic (exact) mass is 416 g/mol. The van der Waals surface area contributed by atoms with Crippen LogP contribution in [0.4, 0.5) is 11.4 Å². The van der Waals surface area contributed by atoms with Gasteiger partial charge in [-0.2, -0.15) is 0 Å². The van der Waals surface area contributed by atoms with E-state index in [9.17, 15) is 19.2 Å². The predicted molar refractivity (Wildman–Crippen MR) is 110 cm³/mol. The highest BCUT2D eigenvalue weighted by atomic mass is 35.5. The summed E-state index contributed by atoms with van der Waals surface area (Å²) < 4.78 is 5.08. The van der Waals surface area contributed by atoms with Crippen LogP contribution in [-0.2, 0) is 19.1 Å². The zero-order chi connectivity index (χ0) is 21.4. The average molecular weight is 417 g/mol. The molecule has 0 saturated heterocycles. The van der Waals surface area contributed by atoms with Crippen molar-refractivity contribution in [1.29, 1.82) is 0 Å². The van der Waals surface area contributed by atoms with Crippen molar-refractivity contribution in [1.82, 2.24) is 0 Å². The number of nitrogens with one attached hydrogen (secondary N) is 2. The van der Waals surface area contributed by atoms with Gasteiger partial charge in [0.15, 0.2) is 11.9 Å². The van der Waals surface area contributed by atoms with Gasteiger partial charge in [-0.25, -0.2) is 0 Å². The van der Waals surface area contributed by atoms with Crippen LogP contribution in [0.2, 0.25) is 5.02 Å². The third kappa shape index (κ3) is 7.38. The van der Waals surface area contributed by atoms with Gasteiger partial charge >= 0.3 is 5.97 Å². The highest BCUT2D eigenvalue weighted by Crippen LogP contribution is 2.15. The summed E-state index contributed by atoms with van der Waals surface area (Å²) in [6.45, 7) is 2.84. The molecule has 7 nitrogen and oxygen atoms in total. The van der Waals surface area contributed by atoms with Crippen LogP contribution in [0.3, 0.4) is 0 Å². The molecule has 0 unspecified atom stereocenters. The van der Waals surface area contributed by atoms with E-state index in [0.29, 0.717) is 22.0 Å². The minimum atomic E-state index is -1.02. The summed E-state index contributed by atoms with van der Waals surface area (Å²) in [5, 5.41) is 5.75. The van der Waals surface area contributed by atoms with Gasteiger partial charge in [0.1, 0.15) is 0 Å². The van der Waals surface area contributed by atoms with Crippen LogP contribution < -0.4 is 10.6 Å². The molecule has 152 valence electrons. The van der Waals surface area contributed by atoms with E-state index < -0.39 is 18.0 Å². The van der Waals surface area contributed by atoms with Crippen LogP contribution >= 0.6 is 11.6 Å². The lowest BCUT2D eigenvalue weighted by atomic mass is 10.1. The summed E-state index contributed by atoms with van der Waals surface area (Å²) in [5.41, 5.74) is 1.54. The maximum Gasteiger partial charge on any atom is 0.307 e. The van der Waals surface area contributed by atoms with Gasteiger partial charge in [0, 0.05) is 35.3 Å². The normalized spacial score (nSPS) is 11.3. The fraction of sp³-hybridized carbons (Fsp3) is 0.238. The topological polar surface area (TPSA) is 102 Å². The first-order chi connectivity index (χ1) is 13.7. The highest BCUT2D eigenvalue weighted by molar-refractivity contribution is 6.30. The number of ether oxygens (including phenoxy) is 1. The smallest absolute Gasteiger partial charge is 0.307 e. The molecule has 0 spiro atoms. The van der Waals surface area contributed by atoms with Gasteiger partial charge < -0.3 is 15.4 Å². The van der Waals surface area contributed by atoms with Crippen LogP contribution in [0.1, 0.15) is 37.0 Å². The molecule has 8 heteroatoms. The number of anilines is 2. The third-order valence-electron chi connectivity index (χ3n) is 3.87. The van der Waals surface area contributed by atoms with Gasteiger partial charge in [-0.3, -0.25) is 19.2 Å². The number of rotatable bonds is 8. The van der Waals surface area contributed by atoms with Crippen LogP contribution in [0.25, 0.3) is 0 Å². The zero-order valence-corrected chi connectivity index (χ0v) is 16.8. The van der Waals surface area contributed by atoms with Gasteiger partial charge in [0.2, 0.25) is 5.91 Å². The molecule has 0 aliphatic heterocycles. The van der Waals surface area contributed by atoms with E-state index in [1.807, 2.05) is 0 Å². The molecule has 1 atom stereocenters. The number of halogens is 1. The Kier molecular flexibility index (Phi) is 7.91. The van der Waals surface area contributed by atoms with Crippen LogP contribution in [0.15, 0.2) is 48.5 Å². The Morgan fingerprint density at radius 3 is 2.00 bits per heavy atom. The van der Waals surface area contributed by atoms with Crippen molar-refractivity contribution in [3.63, 3.8) is 0 Å². The number of ketones is 1. The molecule has 0 fully saturated rings. The van der Waals surface area contributed by atoms with Crippen molar-refractivity contribution in [2.24, 2.45) is 0 Å². The fourth-order valence-electron chi connectivity index (χ4n) is 2.39. The Labute approximate surface area is 173 Å². The quantitative estimate of drug-likeness (QED) is 0.503. The Bertz CT molecular complexity index is 894. The van der Waals surface area contributed by atoms with Crippen molar-refractivity contribution in [3.8, 4) is 0 Å². The molecule has 0 bridgehead atoms. The van der Waals surface area contributed by atoms with Gasteiger partial charge in [-0.05, 0) is 55.5 Å². The molecule has 2 aromatic carbocycles. The second-order valence-electron chi connectivity index (χ2n) is 6.31. The number of amides is 2. The van der Waals surface area contributed by atoms with E-state index in [4.69, 9.17) is 16.3 Å². The minimum Gasteiger partial charge on any atom is -0.453 e. The fourth-order valence-corrected chi connectivity index (χ4v) is 2.52. The van der Waals surface area contributed by atoms with Gasteiger partial charge in [0.25, 0.3) is 5.91 Å². The SMILES string of the molecule is CC(=O)Nc1ccc(NC(=O)[C@H](C)OC(=O)CCC(=O)c2ccc(Cl)cc2)cc1. The Hall–Kier alpha value is -3.19. The molecule has 0 aliphatic carbocycles. The number of hydrogen-bond acceptors (Lipinski definition) is 5. The molecule has 29 heavy (non-hydrogen) atoms. The van der Waals surface area contributed by atoms with E-state index in [0.717, 1.165) is 0 Å². The third-order valence-corrected chi connectivity index (χ3v) is 4.12. The standard InChI is InChI=1S/C21H21ClN2O5/c1-13(21(28)24-18-9-7-17(8-10-18)23-14(2)25)29-20(27)12-11-19(26)15-3-5-16(22)6-4-15/h3-10,13H,11-12H2,1-2H3,(H,23,25)(H,24,28)/t13-/m0/s1. The van der Waals surface area contributed by atoms with Crippen molar-refractivity contribution in [2.45, 2.75) is 32.8 Å². The lowest BCUT2D eigenvalue weighted by molar-refractivity contribution is -0.153. The summed E-state index contributed by atoms with van der Waals surface area (Å²) in [7, 11) is 0. The molecule has 0 radical (unpaired) electrons. The van der Waals surface area contributed by atoms with Crippen molar-refractivity contribution in [2.75, 3.05) is 10.6 Å². The van der Waals surface area contributed by atoms with Crippen LogP contribution in [-0.4, -0.2) is 29.7 Å². The molecule has 2 aromatic rings. The molecule has 2 rings (SSSR count). The Morgan fingerprint density at radius 2 is 1.45 bits per heavy atom. The molecule has 0 aliphatic rings. The Balaban J connectivity index is 1.79. The largest absolute Gasteiger partial charge is 0.453 e. The molecule has 2 N–H and O–H groups in total. The number of hydrogen-bond donors (Lipinski definition) is 2. The zero-order valence-electron chi connectivity index (χ0n) is 16.0. The molecular weight excluding hydrogens is 396 g/mol. The molecule has 2 amide bonds. The molecular formula is C21H21ClN2O5. The van der Waals surface area contributed by atoms with Crippen molar-refractivity contribution in [3.05, 3.63) is 59.1 Å². The first-order valence-electron chi connectivity index (χ1n) is 8.91. The first-order valence-corrected chi connectivity index (χ1v) is 9.29. The lowest BCUT2D eigenvalue weighted by Crippen LogP contribution is -2.30. The number of carbonyl (C=O) groups is 4. The van der Waals surface area contributed by atoms with Crippen LogP contribution in [0.5, 0.6) is 0 Å². The summed E-state index contributed by atoms with van der Waals surface area (Å²) in [6.07, 6.45) is -1.19. The van der Waals surface area contributed by atoms with Crippen molar-refractivity contribution < 1.29 is 23.9 Å². The summed E-state index contributed by atoms with van der Waals surface area (Å²) in [6, 6.07) is 12.9. The molecule has 0 aromatic heterocycles. The van der Waals surface area contributed by atoms with E-state index in [1.165, 1.54) is 13.8 Å². The van der Waals surface area contributed by atoms with E-state index in [-0.39, 0.29) is 24.5 Å². The first kappa shape index (κ1) is 22.1. The van der Waals surface area contributed by atoms with E-state index in [2.05, 4.69) is 10.6 Å². The maximum absolute atomic E-state index is 12.2. The maximum atomic E-state index is 12.2. The van der Waals surface area contributed by atoms with Gasteiger partial charge in [-0.15, -0.1) is 0 Å². The summed E-state index contributed by atoms with van der Waals surface area (Å²) >= 11 is 5.78. The highest BCUT2D eigenvalue weighted by Gasteiger charge is 2.19. The second-order valence-corrected chi connectivity index (χ2v) is 6.75. The lowest BCUT2D eigenvalue weighted by Gasteiger charge is -2.14. The number of benzene rings is 2. The van der Waals surface area contributed by atoms with E-state index >= 15 is 0 Å². The average Bonchev–Trinajstić information content (AvgIpc) is 2.67.